The lowest BCUT2D eigenvalue weighted by molar-refractivity contribution is 0.0979. The normalized spacial score (nSPS) is 12.8. The minimum Gasteiger partial charge on any atom is -0.747 e. The third-order valence-electron chi connectivity index (χ3n) is 2.99. The van der Waals surface area contributed by atoms with Crippen LogP contribution in [0.2, 0.25) is 0 Å². The number of hydrogen-bond acceptors (Lipinski definition) is 4. The van der Waals surface area contributed by atoms with Crippen LogP contribution in [0, 0.1) is 0 Å². The first-order chi connectivity index (χ1) is 9.48. The van der Waals surface area contributed by atoms with Crippen molar-refractivity contribution in [2.24, 2.45) is 0 Å². The lowest BCUT2D eigenvalue weighted by Gasteiger charge is -2.20. The summed E-state index contributed by atoms with van der Waals surface area (Å²) in [6, 6.07) is 16.4. The Labute approximate surface area is 117 Å². The third-order valence-corrected chi connectivity index (χ3v) is 4.12. The van der Waals surface area contributed by atoms with Crippen molar-refractivity contribution in [3.63, 3.8) is 0 Å². The predicted octanol–water partition coefficient (Wildman–Crippen LogP) is 2.55. The molecule has 2 rings (SSSR count). The molecule has 5 heteroatoms. The van der Waals surface area contributed by atoms with Gasteiger partial charge in [-0.15, -0.1) is 0 Å². The maximum Gasteiger partial charge on any atom is 0.164 e. The van der Waals surface area contributed by atoms with Crippen LogP contribution in [0.1, 0.15) is 27.6 Å². The van der Waals surface area contributed by atoms with Crippen LogP contribution in [0.4, 0.5) is 0 Å². The summed E-state index contributed by atoms with van der Waals surface area (Å²) in [6.07, 6.45) is -0.347. The first kappa shape index (κ1) is 14.4. The summed E-state index contributed by atoms with van der Waals surface area (Å²) in [4.78, 5) is 12.1. The Morgan fingerprint density at radius 1 is 0.950 bits per heavy atom. The molecule has 0 spiro atoms. The van der Waals surface area contributed by atoms with E-state index in [1.807, 2.05) is 0 Å². The van der Waals surface area contributed by atoms with Gasteiger partial charge in [0.15, 0.2) is 5.78 Å². The Kier molecular flexibility index (Phi) is 4.32. The molecule has 0 aliphatic carbocycles. The molecule has 4 nitrogen and oxygen atoms in total. The predicted molar refractivity (Wildman–Crippen MR) is 74.3 cm³/mol. The van der Waals surface area contributed by atoms with E-state index in [1.54, 1.807) is 60.7 Å². The molecule has 0 radical (unpaired) electrons. The summed E-state index contributed by atoms with van der Waals surface area (Å²) in [5.74, 6) is -0.362. The van der Waals surface area contributed by atoms with Crippen LogP contribution in [-0.2, 0) is 10.1 Å². The SMILES string of the molecule is O=C(CC(c1ccccc1)S(=O)(=O)[O-])c1ccccc1. The van der Waals surface area contributed by atoms with Crippen molar-refractivity contribution in [2.75, 3.05) is 0 Å². The first-order valence-electron chi connectivity index (χ1n) is 6.06. The van der Waals surface area contributed by atoms with E-state index in [9.17, 15) is 17.8 Å². The Bertz CT molecular complexity index is 678. The van der Waals surface area contributed by atoms with E-state index in [4.69, 9.17) is 0 Å². The van der Waals surface area contributed by atoms with E-state index >= 15 is 0 Å². The van der Waals surface area contributed by atoms with E-state index in [1.165, 1.54) is 0 Å². The number of benzene rings is 2. The van der Waals surface area contributed by atoms with Gasteiger partial charge in [0, 0.05) is 12.0 Å². The van der Waals surface area contributed by atoms with Crippen LogP contribution in [0.25, 0.3) is 0 Å². The Balaban J connectivity index is 2.29. The summed E-state index contributed by atoms with van der Waals surface area (Å²) >= 11 is 0. The van der Waals surface area contributed by atoms with Crippen molar-refractivity contribution in [1.29, 1.82) is 0 Å². The van der Waals surface area contributed by atoms with Crippen LogP contribution in [-0.4, -0.2) is 18.8 Å². The van der Waals surface area contributed by atoms with Crippen LogP contribution >= 0.6 is 0 Å². The highest BCUT2D eigenvalue weighted by Gasteiger charge is 2.22. The van der Waals surface area contributed by atoms with Gasteiger partial charge in [-0.3, -0.25) is 4.79 Å². The van der Waals surface area contributed by atoms with Crippen molar-refractivity contribution in [3.8, 4) is 0 Å². The highest BCUT2D eigenvalue weighted by molar-refractivity contribution is 7.86. The molecule has 0 aromatic heterocycles. The monoisotopic (exact) mass is 289 g/mol. The largest absolute Gasteiger partial charge is 0.747 e. The van der Waals surface area contributed by atoms with Gasteiger partial charge in [0.25, 0.3) is 0 Å². The molecule has 0 saturated carbocycles. The molecular weight excluding hydrogens is 276 g/mol. The quantitative estimate of drug-likeness (QED) is 0.626. The zero-order valence-electron chi connectivity index (χ0n) is 10.6. The summed E-state index contributed by atoms with van der Waals surface area (Å²) in [5.41, 5.74) is 0.740. The maximum absolute atomic E-state index is 12.1. The molecular formula is C15H13O4S-. The highest BCUT2D eigenvalue weighted by Crippen LogP contribution is 2.26. The Morgan fingerprint density at radius 3 is 1.95 bits per heavy atom. The molecule has 0 amide bonds. The molecule has 20 heavy (non-hydrogen) atoms. The fraction of sp³-hybridized carbons (Fsp3) is 0.133. The van der Waals surface area contributed by atoms with Crippen molar-refractivity contribution in [3.05, 3.63) is 71.8 Å². The molecule has 0 saturated heterocycles. The van der Waals surface area contributed by atoms with Crippen molar-refractivity contribution in [1.82, 2.24) is 0 Å². The minimum absolute atomic E-state index is 0.340. The fourth-order valence-electron chi connectivity index (χ4n) is 1.96. The second-order valence-electron chi connectivity index (χ2n) is 4.39. The van der Waals surface area contributed by atoms with Crippen LogP contribution in [0.15, 0.2) is 60.7 Å². The Hall–Kier alpha value is -1.98. The molecule has 0 heterocycles. The van der Waals surface area contributed by atoms with Crippen LogP contribution in [0.5, 0.6) is 0 Å². The van der Waals surface area contributed by atoms with Gasteiger partial charge in [0.05, 0.1) is 5.25 Å². The highest BCUT2D eigenvalue weighted by atomic mass is 32.2. The maximum atomic E-state index is 12.1. The Morgan fingerprint density at radius 2 is 1.45 bits per heavy atom. The van der Waals surface area contributed by atoms with Gasteiger partial charge in [-0.05, 0) is 5.56 Å². The number of carbonyl (C=O) groups excluding carboxylic acids is 1. The zero-order valence-corrected chi connectivity index (χ0v) is 11.4. The average Bonchev–Trinajstić information content (AvgIpc) is 2.45. The first-order valence-corrected chi connectivity index (χ1v) is 7.53. The van der Waals surface area contributed by atoms with Crippen LogP contribution in [0.3, 0.4) is 0 Å². The molecule has 1 atom stereocenters. The van der Waals surface area contributed by atoms with Crippen molar-refractivity contribution >= 4 is 15.9 Å². The third kappa shape index (κ3) is 3.53. The number of carbonyl (C=O) groups is 1. The molecule has 0 fully saturated rings. The second kappa shape index (κ2) is 5.98. The lowest BCUT2D eigenvalue weighted by atomic mass is 10.0. The number of rotatable bonds is 5. The molecule has 104 valence electrons. The number of hydrogen-bond donors (Lipinski definition) is 0. The topological polar surface area (TPSA) is 74.3 Å². The molecule has 2 aromatic carbocycles. The van der Waals surface area contributed by atoms with E-state index in [-0.39, 0.29) is 12.2 Å². The van der Waals surface area contributed by atoms with Crippen LogP contribution < -0.4 is 0 Å². The van der Waals surface area contributed by atoms with Gasteiger partial charge in [-0.1, -0.05) is 60.7 Å². The van der Waals surface area contributed by atoms with E-state index in [0.29, 0.717) is 11.1 Å². The lowest BCUT2D eigenvalue weighted by Crippen LogP contribution is -2.17. The summed E-state index contributed by atoms with van der Waals surface area (Å²) in [6.45, 7) is 0. The second-order valence-corrected chi connectivity index (χ2v) is 5.94. The molecule has 0 N–H and O–H groups in total. The number of ketones is 1. The molecule has 1 unspecified atom stereocenters. The summed E-state index contributed by atoms with van der Waals surface area (Å²) in [5, 5.41) is -1.35. The van der Waals surface area contributed by atoms with E-state index < -0.39 is 15.4 Å². The van der Waals surface area contributed by atoms with Gasteiger partial charge < -0.3 is 4.55 Å². The van der Waals surface area contributed by atoms with E-state index in [0.717, 1.165) is 0 Å². The molecule has 0 bridgehead atoms. The molecule has 2 aromatic rings. The van der Waals surface area contributed by atoms with Gasteiger partial charge in [-0.2, -0.15) is 0 Å². The standard InChI is InChI=1S/C15H14O4S/c16-14(12-7-3-1-4-8-12)11-15(20(17,18)19)13-9-5-2-6-10-13/h1-10,15H,11H2,(H,17,18,19)/p-1. The van der Waals surface area contributed by atoms with Gasteiger partial charge in [0.2, 0.25) is 0 Å². The van der Waals surface area contributed by atoms with Crippen molar-refractivity contribution in [2.45, 2.75) is 11.7 Å². The van der Waals surface area contributed by atoms with Crippen molar-refractivity contribution < 1.29 is 17.8 Å². The minimum atomic E-state index is -4.59. The van der Waals surface area contributed by atoms with Gasteiger partial charge >= 0.3 is 0 Å². The van der Waals surface area contributed by atoms with E-state index in [2.05, 4.69) is 0 Å². The average molecular weight is 289 g/mol. The molecule has 0 aliphatic heterocycles. The van der Waals surface area contributed by atoms with Gasteiger partial charge in [0.1, 0.15) is 10.1 Å². The smallest absolute Gasteiger partial charge is 0.164 e. The summed E-state index contributed by atoms with van der Waals surface area (Å²) < 4.78 is 34.2. The number of Topliss-reactive ketones (excluding diaryl/α,β-unsaturated/α-hetero) is 1. The summed E-state index contributed by atoms with van der Waals surface area (Å²) in [7, 11) is -4.59. The van der Waals surface area contributed by atoms with Gasteiger partial charge in [-0.25, -0.2) is 8.42 Å². The fourth-order valence-corrected chi connectivity index (χ4v) is 2.81. The zero-order chi connectivity index (χ0) is 14.6. The molecule has 0 aliphatic rings.